The molecule has 2 aromatic rings. The van der Waals surface area contributed by atoms with Crippen LogP contribution in [0.1, 0.15) is 15.9 Å². The molecular formula is C16H14ClFN2O3. The van der Waals surface area contributed by atoms with E-state index in [-0.39, 0.29) is 24.1 Å². The summed E-state index contributed by atoms with van der Waals surface area (Å²) in [7, 11) is 0. The summed E-state index contributed by atoms with van der Waals surface area (Å²) in [5.41, 5.74) is 6.29. The fourth-order valence-corrected chi connectivity index (χ4v) is 1.97. The molecular weight excluding hydrogens is 323 g/mol. The minimum Gasteiger partial charge on any atom is -0.484 e. The molecule has 0 saturated carbocycles. The van der Waals surface area contributed by atoms with Crippen molar-refractivity contribution in [3.05, 3.63) is 64.4 Å². The molecule has 0 aromatic heterocycles. The van der Waals surface area contributed by atoms with Crippen molar-refractivity contribution in [2.45, 2.75) is 6.54 Å². The van der Waals surface area contributed by atoms with E-state index in [0.717, 1.165) is 11.6 Å². The maximum Gasteiger partial charge on any atom is 0.258 e. The van der Waals surface area contributed by atoms with Crippen molar-refractivity contribution in [3.8, 4) is 5.75 Å². The fraction of sp³-hybridized carbons (Fsp3) is 0.125. The molecule has 2 aromatic carbocycles. The van der Waals surface area contributed by atoms with Crippen LogP contribution in [0.15, 0.2) is 42.5 Å². The minimum absolute atomic E-state index is 0.0776. The summed E-state index contributed by atoms with van der Waals surface area (Å²) in [6.07, 6.45) is 0. The van der Waals surface area contributed by atoms with Gasteiger partial charge >= 0.3 is 0 Å². The molecule has 2 amide bonds. The molecule has 0 atom stereocenters. The topological polar surface area (TPSA) is 81.4 Å². The lowest BCUT2D eigenvalue weighted by atomic mass is 10.1. The van der Waals surface area contributed by atoms with Crippen LogP contribution in [0.25, 0.3) is 0 Å². The smallest absolute Gasteiger partial charge is 0.258 e. The van der Waals surface area contributed by atoms with Gasteiger partial charge < -0.3 is 15.8 Å². The first kappa shape index (κ1) is 16.8. The number of halogens is 2. The first-order chi connectivity index (χ1) is 11.0. The number of carbonyl (C=O) groups is 2. The highest BCUT2D eigenvalue weighted by molar-refractivity contribution is 6.30. The number of nitrogens with one attached hydrogen (secondary N) is 1. The number of rotatable bonds is 6. The van der Waals surface area contributed by atoms with Gasteiger partial charge in [-0.15, -0.1) is 0 Å². The van der Waals surface area contributed by atoms with Crippen molar-refractivity contribution in [1.82, 2.24) is 5.32 Å². The van der Waals surface area contributed by atoms with E-state index in [0.29, 0.717) is 11.3 Å². The van der Waals surface area contributed by atoms with E-state index in [1.54, 1.807) is 24.3 Å². The van der Waals surface area contributed by atoms with Crippen molar-refractivity contribution in [2.24, 2.45) is 5.73 Å². The van der Waals surface area contributed by atoms with Crippen LogP contribution in [-0.4, -0.2) is 18.4 Å². The second-order valence-corrected chi connectivity index (χ2v) is 5.11. The van der Waals surface area contributed by atoms with E-state index in [2.05, 4.69) is 5.32 Å². The van der Waals surface area contributed by atoms with Crippen LogP contribution in [0.5, 0.6) is 5.75 Å². The summed E-state index contributed by atoms with van der Waals surface area (Å²) in [5.74, 6) is -1.16. The maximum atomic E-state index is 13.0. The van der Waals surface area contributed by atoms with Gasteiger partial charge in [-0.3, -0.25) is 9.59 Å². The zero-order valence-electron chi connectivity index (χ0n) is 12.0. The maximum absolute atomic E-state index is 13.0. The van der Waals surface area contributed by atoms with Crippen LogP contribution in [0.2, 0.25) is 5.02 Å². The molecule has 0 unspecified atom stereocenters. The Bertz CT molecular complexity index is 737. The van der Waals surface area contributed by atoms with Crippen LogP contribution in [0.3, 0.4) is 0 Å². The van der Waals surface area contributed by atoms with Crippen LogP contribution in [-0.2, 0) is 11.3 Å². The quantitative estimate of drug-likeness (QED) is 0.849. The Labute approximate surface area is 137 Å². The van der Waals surface area contributed by atoms with Gasteiger partial charge in [-0.05, 0) is 29.8 Å². The third kappa shape index (κ3) is 4.96. The summed E-state index contributed by atoms with van der Waals surface area (Å²) in [5, 5.41) is 2.56. The first-order valence-corrected chi connectivity index (χ1v) is 7.07. The molecule has 0 saturated heterocycles. The van der Waals surface area contributed by atoms with E-state index in [1.807, 2.05) is 0 Å². The lowest BCUT2D eigenvalue weighted by Gasteiger charge is -2.08. The molecule has 0 radical (unpaired) electrons. The number of ether oxygens (including phenoxy) is 1. The van der Waals surface area contributed by atoms with E-state index in [9.17, 15) is 14.0 Å². The standard InChI is InChI=1S/C16H14ClFN2O3/c17-13-7-12(4-5-14(13)18)23-9-15(21)20-8-10-2-1-3-11(6-10)16(19)22/h1-7H,8-9H2,(H2,19,22)(H,20,21). The zero-order valence-corrected chi connectivity index (χ0v) is 12.8. The Morgan fingerprint density at radius 3 is 2.70 bits per heavy atom. The summed E-state index contributed by atoms with van der Waals surface area (Å²) in [6.45, 7) is -0.00897. The molecule has 7 heteroatoms. The molecule has 0 aliphatic heterocycles. The Hall–Kier alpha value is -2.60. The van der Waals surface area contributed by atoms with Gasteiger partial charge in [0.1, 0.15) is 11.6 Å². The molecule has 0 bridgehead atoms. The second kappa shape index (κ2) is 7.60. The lowest BCUT2D eigenvalue weighted by Crippen LogP contribution is -2.28. The van der Waals surface area contributed by atoms with Crippen molar-refractivity contribution in [2.75, 3.05) is 6.61 Å². The fourth-order valence-electron chi connectivity index (χ4n) is 1.80. The number of hydrogen-bond donors (Lipinski definition) is 2. The van der Waals surface area contributed by atoms with Crippen LogP contribution >= 0.6 is 11.6 Å². The van der Waals surface area contributed by atoms with Crippen molar-refractivity contribution < 1.29 is 18.7 Å². The molecule has 2 rings (SSSR count). The van der Waals surface area contributed by atoms with E-state index >= 15 is 0 Å². The molecule has 0 spiro atoms. The van der Waals surface area contributed by atoms with E-state index < -0.39 is 11.7 Å². The number of nitrogens with two attached hydrogens (primary N) is 1. The third-order valence-electron chi connectivity index (χ3n) is 2.96. The Balaban J connectivity index is 1.84. The molecule has 0 fully saturated rings. The Kier molecular flexibility index (Phi) is 5.54. The van der Waals surface area contributed by atoms with E-state index in [4.69, 9.17) is 22.1 Å². The molecule has 0 aliphatic carbocycles. The number of benzene rings is 2. The van der Waals surface area contributed by atoms with E-state index in [1.165, 1.54) is 12.1 Å². The van der Waals surface area contributed by atoms with Crippen molar-refractivity contribution in [1.29, 1.82) is 0 Å². The molecule has 5 nitrogen and oxygen atoms in total. The third-order valence-corrected chi connectivity index (χ3v) is 3.25. The van der Waals surface area contributed by atoms with Gasteiger partial charge in [0.15, 0.2) is 6.61 Å². The number of amides is 2. The zero-order chi connectivity index (χ0) is 16.8. The largest absolute Gasteiger partial charge is 0.484 e. The number of primary amides is 1. The normalized spacial score (nSPS) is 10.2. The molecule has 23 heavy (non-hydrogen) atoms. The molecule has 0 heterocycles. The average Bonchev–Trinajstić information content (AvgIpc) is 2.54. The first-order valence-electron chi connectivity index (χ1n) is 6.69. The molecule has 120 valence electrons. The molecule has 0 aliphatic rings. The van der Waals surface area contributed by atoms with Crippen molar-refractivity contribution >= 4 is 23.4 Å². The Morgan fingerprint density at radius 2 is 2.00 bits per heavy atom. The summed E-state index contributed by atoms with van der Waals surface area (Å²) < 4.78 is 18.2. The monoisotopic (exact) mass is 336 g/mol. The minimum atomic E-state index is -0.558. The number of hydrogen-bond acceptors (Lipinski definition) is 3. The van der Waals surface area contributed by atoms with Gasteiger partial charge in [-0.1, -0.05) is 23.7 Å². The predicted octanol–water partition coefficient (Wildman–Crippen LogP) is 2.27. The summed E-state index contributed by atoms with van der Waals surface area (Å²) in [6, 6.07) is 10.5. The lowest BCUT2D eigenvalue weighted by molar-refractivity contribution is -0.123. The average molecular weight is 337 g/mol. The van der Waals surface area contributed by atoms with Crippen molar-refractivity contribution in [3.63, 3.8) is 0 Å². The Morgan fingerprint density at radius 1 is 1.22 bits per heavy atom. The summed E-state index contributed by atoms with van der Waals surface area (Å²) >= 11 is 5.62. The van der Waals surface area contributed by atoms with Crippen LogP contribution in [0.4, 0.5) is 4.39 Å². The number of carbonyl (C=O) groups excluding carboxylic acids is 2. The van der Waals surface area contributed by atoms with Gasteiger partial charge in [0, 0.05) is 18.2 Å². The van der Waals surface area contributed by atoms with Gasteiger partial charge in [-0.2, -0.15) is 0 Å². The highest BCUT2D eigenvalue weighted by atomic mass is 35.5. The highest BCUT2D eigenvalue weighted by Gasteiger charge is 2.06. The second-order valence-electron chi connectivity index (χ2n) is 4.71. The van der Waals surface area contributed by atoms with Gasteiger partial charge in [0.05, 0.1) is 5.02 Å². The van der Waals surface area contributed by atoms with Crippen LogP contribution < -0.4 is 15.8 Å². The molecule has 3 N–H and O–H groups in total. The predicted molar refractivity (Wildman–Crippen MR) is 83.7 cm³/mol. The highest BCUT2D eigenvalue weighted by Crippen LogP contribution is 2.20. The van der Waals surface area contributed by atoms with Gasteiger partial charge in [0.2, 0.25) is 5.91 Å². The summed E-state index contributed by atoms with van der Waals surface area (Å²) in [4.78, 5) is 22.8. The SMILES string of the molecule is NC(=O)c1cccc(CNC(=O)COc2ccc(F)c(Cl)c2)c1. The van der Waals surface area contributed by atoms with Crippen LogP contribution in [0, 0.1) is 5.82 Å². The van der Waals surface area contributed by atoms with Gasteiger partial charge in [-0.25, -0.2) is 4.39 Å². The van der Waals surface area contributed by atoms with Gasteiger partial charge in [0.25, 0.3) is 5.91 Å².